The number of carbonyl (C=O) groups is 1. The van der Waals surface area contributed by atoms with E-state index in [4.69, 9.17) is 5.73 Å². The zero-order chi connectivity index (χ0) is 11.9. The molecule has 1 aliphatic carbocycles. The number of nitrogens with two attached hydrogens (primary N) is 1. The van der Waals surface area contributed by atoms with Gasteiger partial charge in [0, 0.05) is 18.5 Å². The van der Waals surface area contributed by atoms with E-state index in [-0.39, 0.29) is 17.4 Å². The molecule has 88 valence electrons. The third-order valence-electron chi connectivity index (χ3n) is 3.37. The second-order valence-corrected chi connectivity index (χ2v) is 6.49. The van der Waals surface area contributed by atoms with E-state index in [0.717, 1.165) is 6.42 Å². The molecular formula is C12H24N2O. The van der Waals surface area contributed by atoms with E-state index in [9.17, 15) is 4.79 Å². The summed E-state index contributed by atoms with van der Waals surface area (Å²) in [5.74, 6) is 0.0907. The van der Waals surface area contributed by atoms with Crippen LogP contribution in [0.15, 0.2) is 0 Å². The van der Waals surface area contributed by atoms with Crippen molar-refractivity contribution in [2.45, 2.75) is 59.5 Å². The fraction of sp³-hybridized carbons (Fsp3) is 0.917. The summed E-state index contributed by atoms with van der Waals surface area (Å²) >= 11 is 0. The van der Waals surface area contributed by atoms with E-state index in [1.807, 2.05) is 0 Å². The van der Waals surface area contributed by atoms with Crippen LogP contribution in [0.3, 0.4) is 0 Å². The Kier molecular flexibility index (Phi) is 3.15. The van der Waals surface area contributed by atoms with E-state index < -0.39 is 0 Å². The molecule has 0 aromatic heterocycles. The summed E-state index contributed by atoms with van der Waals surface area (Å²) in [6, 6.07) is 0.288. The van der Waals surface area contributed by atoms with Gasteiger partial charge in [0.2, 0.25) is 5.91 Å². The van der Waals surface area contributed by atoms with Crippen LogP contribution in [-0.4, -0.2) is 18.0 Å². The molecule has 15 heavy (non-hydrogen) atoms. The smallest absolute Gasteiger partial charge is 0.221 e. The van der Waals surface area contributed by atoms with Crippen LogP contribution in [-0.2, 0) is 4.79 Å². The normalized spacial score (nSPS) is 25.9. The molecule has 0 aliphatic heterocycles. The lowest BCUT2D eigenvalue weighted by Crippen LogP contribution is -2.41. The quantitative estimate of drug-likeness (QED) is 0.747. The van der Waals surface area contributed by atoms with Crippen LogP contribution in [0, 0.1) is 10.8 Å². The maximum atomic E-state index is 11.6. The lowest BCUT2D eigenvalue weighted by molar-refractivity contribution is -0.122. The Morgan fingerprint density at radius 2 is 2.00 bits per heavy atom. The van der Waals surface area contributed by atoms with Crippen molar-refractivity contribution >= 4 is 5.91 Å². The van der Waals surface area contributed by atoms with Crippen LogP contribution in [0.5, 0.6) is 0 Å². The summed E-state index contributed by atoms with van der Waals surface area (Å²) in [6.07, 6.45) is 1.51. The first-order valence-corrected chi connectivity index (χ1v) is 5.68. The molecule has 1 amide bonds. The molecule has 3 heteroatoms. The van der Waals surface area contributed by atoms with Crippen molar-refractivity contribution in [3.8, 4) is 0 Å². The molecule has 0 saturated heterocycles. The van der Waals surface area contributed by atoms with Crippen molar-refractivity contribution in [3.63, 3.8) is 0 Å². The van der Waals surface area contributed by atoms with Crippen molar-refractivity contribution in [2.24, 2.45) is 16.6 Å². The van der Waals surface area contributed by atoms with Gasteiger partial charge in [-0.05, 0) is 17.3 Å². The fourth-order valence-corrected chi connectivity index (χ4v) is 1.47. The van der Waals surface area contributed by atoms with Gasteiger partial charge in [0.1, 0.15) is 0 Å². The predicted octanol–water partition coefficient (Wildman–Crippen LogP) is 1.66. The highest BCUT2D eigenvalue weighted by molar-refractivity contribution is 5.77. The maximum absolute atomic E-state index is 11.6. The SMILES string of the molecule is CC(C)(C)C(N)CC(=O)NC1CC1(C)C. The minimum absolute atomic E-state index is 0.00356. The second kappa shape index (κ2) is 3.78. The molecule has 0 aromatic carbocycles. The minimum Gasteiger partial charge on any atom is -0.353 e. The highest BCUT2D eigenvalue weighted by Gasteiger charge is 2.46. The molecule has 2 atom stereocenters. The van der Waals surface area contributed by atoms with Gasteiger partial charge in [-0.15, -0.1) is 0 Å². The first-order chi connectivity index (χ1) is 6.63. The van der Waals surface area contributed by atoms with E-state index in [1.54, 1.807) is 0 Å². The summed E-state index contributed by atoms with van der Waals surface area (Å²) in [7, 11) is 0. The maximum Gasteiger partial charge on any atom is 0.221 e. The van der Waals surface area contributed by atoms with Gasteiger partial charge < -0.3 is 11.1 Å². The van der Waals surface area contributed by atoms with E-state index in [0.29, 0.717) is 17.9 Å². The standard InChI is InChI=1S/C12H24N2O/c1-11(2,3)8(13)6-10(15)14-9-7-12(9,4)5/h8-9H,6-7,13H2,1-5H3,(H,14,15). The van der Waals surface area contributed by atoms with Crippen LogP contribution >= 0.6 is 0 Å². The Hall–Kier alpha value is -0.570. The molecule has 1 fully saturated rings. The summed E-state index contributed by atoms with van der Waals surface area (Å²) in [5, 5.41) is 3.03. The Morgan fingerprint density at radius 3 is 2.33 bits per heavy atom. The lowest BCUT2D eigenvalue weighted by Gasteiger charge is -2.26. The molecule has 0 heterocycles. The third-order valence-corrected chi connectivity index (χ3v) is 3.37. The van der Waals surface area contributed by atoms with E-state index >= 15 is 0 Å². The summed E-state index contributed by atoms with van der Waals surface area (Å²) < 4.78 is 0. The van der Waals surface area contributed by atoms with Crippen LogP contribution in [0.25, 0.3) is 0 Å². The molecule has 3 nitrogen and oxygen atoms in total. The molecule has 1 saturated carbocycles. The monoisotopic (exact) mass is 212 g/mol. The van der Waals surface area contributed by atoms with Gasteiger partial charge in [-0.25, -0.2) is 0 Å². The Balaban J connectivity index is 2.31. The van der Waals surface area contributed by atoms with Gasteiger partial charge in [-0.2, -0.15) is 0 Å². The van der Waals surface area contributed by atoms with E-state index in [2.05, 4.69) is 39.9 Å². The molecule has 0 spiro atoms. The minimum atomic E-state index is -0.0700. The molecule has 1 aliphatic rings. The van der Waals surface area contributed by atoms with Gasteiger partial charge in [-0.1, -0.05) is 34.6 Å². The van der Waals surface area contributed by atoms with Crippen molar-refractivity contribution in [1.29, 1.82) is 0 Å². The molecule has 3 N–H and O–H groups in total. The topological polar surface area (TPSA) is 55.1 Å². The summed E-state index contributed by atoms with van der Waals surface area (Å²) in [4.78, 5) is 11.6. The molecule has 0 radical (unpaired) electrons. The highest BCUT2D eigenvalue weighted by atomic mass is 16.1. The van der Waals surface area contributed by atoms with Crippen LogP contribution in [0.2, 0.25) is 0 Å². The largest absolute Gasteiger partial charge is 0.353 e. The van der Waals surface area contributed by atoms with Crippen LogP contribution in [0.4, 0.5) is 0 Å². The molecule has 2 unspecified atom stereocenters. The predicted molar refractivity (Wildman–Crippen MR) is 62.4 cm³/mol. The fourth-order valence-electron chi connectivity index (χ4n) is 1.47. The van der Waals surface area contributed by atoms with Crippen LogP contribution < -0.4 is 11.1 Å². The molecule has 1 rings (SSSR count). The average molecular weight is 212 g/mol. The number of carbonyl (C=O) groups excluding carboxylic acids is 1. The third kappa shape index (κ3) is 3.49. The second-order valence-electron chi connectivity index (χ2n) is 6.49. The van der Waals surface area contributed by atoms with Gasteiger partial charge in [0.15, 0.2) is 0 Å². The van der Waals surface area contributed by atoms with Gasteiger partial charge >= 0.3 is 0 Å². The van der Waals surface area contributed by atoms with Crippen molar-refractivity contribution in [1.82, 2.24) is 5.32 Å². The van der Waals surface area contributed by atoms with Gasteiger partial charge in [0.25, 0.3) is 0 Å². The van der Waals surface area contributed by atoms with Crippen molar-refractivity contribution in [3.05, 3.63) is 0 Å². The van der Waals surface area contributed by atoms with Gasteiger partial charge in [0.05, 0.1) is 0 Å². The van der Waals surface area contributed by atoms with E-state index in [1.165, 1.54) is 0 Å². The number of hydrogen-bond acceptors (Lipinski definition) is 2. The number of hydrogen-bond donors (Lipinski definition) is 2. The first-order valence-electron chi connectivity index (χ1n) is 5.68. The Labute approximate surface area is 92.8 Å². The molecule has 0 aromatic rings. The summed E-state index contributed by atoms with van der Waals surface area (Å²) in [5.41, 5.74) is 6.24. The highest BCUT2D eigenvalue weighted by Crippen LogP contribution is 2.44. The zero-order valence-corrected chi connectivity index (χ0v) is 10.6. The van der Waals surface area contributed by atoms with Crippen molar-refractivity contribution < 1.29 is 4.79 Å². The van der Waals surface area contributed by atoms with Gasteiger partial charge in [-0.3, -0.25) is 4.79 Å². The average Bonchev–Trinajstić information content (AvgIpc) is 2.55. The zero-order valence-electron chi connectivity index (χ0n) is 10.6. The number of amides is 1. The number of rotatable bonds is 3. The Bertz CT molecular complexity index is 253. The first kappa shape index (κ1) is 12.5. The summed E-state index contributed by atoms with van der Waals surface area (Å²) in [6.45, 7) is 10.5. The lowest BCUT2D eigenvalue weighted by atomic mass is 9.85. The van der Waals surface area contributed by atoms with Crippen molar-refractivity contribution in [2.75, 3.05) is 0 Å². The van der Waals surface area contributed by atoms with Crippen LogP contribution in [0.1, 0.15) is 47.5 Å². The molecule has 0 bridgehead atoms. The number of nitrogens with one attached hydrogen (secondary N) is 1. The Morgan fingerprint density at radius 1 is 1.53 bits per heavy atom. The molecular weight excluding hydrogens is 188 g/mol.